The van der Waals surface area contributed by atoms with Gasteiger partial charge in [0.25, 0.3) is 0 Å². The first-order valence-corrected chi connectivity index (χ1v) is 8.62. The van der Waals surface area contributed by atoms with Gasteiger partial charge in [-0.05, 0) is 31.0 Å². The number of piperidine rings is 1. The van der Waals surface area contributed by atoms with Crippen molar-refractivity contribution < 1.29 is 14.3 Å². The van der Waals surface area contributed by atoms with Crippen LogP contribution < -0.4 is 15.8 Å². The number of carbonyl (C=O) groups is 2. The summed E-state index contributed by atoms with van der Waals surface area (Å²) in [5.41, 5.74) is 6.10. The van der Waals surface area contributed by atoms with Gasteiger partial charge in [0.1, 0.15) is 5.75 Å². The summed E-state index contributed by atoms with van der Waals surface area (Å²) in [5.74, 6) is 0.807. The van der Waals surface area contributed by atoms with Gasteiger partial charge >= 0.3 is 6.03 Å². The molecular weight excluding hydrogens is 332 g/mol. The van der Waals surface area contributed by atoms with E-state index in [1.165, 1.54) is 4.90 Å². The largest absolute Gasteiger partial charge is 0.439 e. The number of hydrogen-bond donors (Lipinski definition) is 2. The number of benzene rings is 1. The summed E-state index contributed by atoms with van der Waals surface area (Å²) in [5, 5.41) is 2.92. The summed E-state index contributed by atoms with van der Waals surface area (Å²) >= 11 is 0. The number of rotatable bonds is 5. The predicted octanol–water partition coefficient (Wildman–Crippen LogP) is 2.28. The minimum atomic E-state index is -0.478. The summed E-state index contributed by atoms with van der Waals surface area (Å²) in [6.45, 7) is 1.28. The van der Waals surface area contributed by atoms with Crippen LogP contribution in [0, 0.1) is 5.92 Å². The average molecular weight is 354 g/mol. The summed E-state index contributed by atoms with van der Waals surface area (Å²) < 4.78 is 5.80. The molecule has 1 aliphatic heterocycles. The fourth-order valence-electron chi connectivity index (χ4n) is 2.97. The van der Waals surface area contributed by atoms with Crippen molar-refractivity contribution in [3.05, 3.63) is 54.2 Å². The van der Waals surface area contributed by atoms with Crippen molar-refractivity contribution in [1.29, 1.82) is 0 Å². The van der Waals surface area contributed by atoms with Crippen LogP contribution in [0.5, 0.6) is 11.6 Å². The minimum absolute atomic E-state index is 0.0922. The highest BCUT2D eigenvalue weighted by molar-refractivity contribution is 5.80. The molecule has 0 saturated carbocycles. The molecule has 7 nitrogen and oxygen atoms in total. The molecule has 136 valence electrons. The van der Waals surface area contributed by atoms with Crippen LogP contribution in [-0.2, 0) is 11.3 Å². The minimum Gasteiger partial charge on any atom is -0.439 e. The van der Waals surface area contributed by atoms with Gasteiger partial charge < -0.3 is 20.7 Å². The van der Waals surface area contributed by atoms with E-state index < -0.39 is 6.03 Å². The maximum absolute atomic E-state index is 12.5. The zero-order valence-corrected chi connectivity index (χ0v) is 14.4. The third-order valence-corrected chi connectivity index (χ3v) is 4.36. The van der Waals surface area contributed by atoms with Gasteiger partial charge in [-0.3, -0.25) is 4.79 Å². The fourth-order valence-corrected chi connectivity index (χ4v) is 2.97. The molecule has 2 heterocycles. The molecule has 0 unspecified atom stereocenters. The Labute approximate surface area is 152 Å². The van der Waals surface area contributed by atoms with Crippen molar-refractivity contribution in [3.63, 3.8) is 0 Å². The molecule has 3 N–H and O–H groups in total. The summed E-state index contributed by atoms with van der Waals surface area (Å²) in [6.07, 6.45) is 3.17. The van der Waals surface area contributed by atoms with Gasteiger partial charge in [-0.15, -0.1) is 0 Å². The van der Waals surface area contributed by atoms with Gasteiger partial charge in [0.05, 0.1) is 5.92 Å². The van der Waals surface area contributed by atoms with Gasteiger partial charge in [-0.1, -0.05) is 24.3 Å². The Morgan fingerprint density at radius 3 is 2.81 bits per heavy atom. The fraction of sp³-hybridized carbons (Fsp3) is 0.316. The van der Waals surface area contributed by atoms with Crippen molar-refractivity contribution in [2.75, 3.05) is 13.1 Å². The summed E-state index contributed by atoms with van der Waals surface area (Å²) in [6, 6.07) is 12.5. The third-order valence-electron chi connectivity index (χ3n) is 4.36. The van der Waals surface area contributed by atoms with Crippen molar-refractivity contribution in [2.45, 2.75) is 19.4 Å². The monoisotopic (exact) mass is 354 g/mol. The summed E-state index contributed by atoms with van der Waals surface area (Å²) in [7, 11) is 0. The molecule has 0 aliphatic carbocycles. The van der Waals surface area contributed by atoms with Crippen LogP contribution in [0.2, 0.25) is 0 Å². The molecule has 3 rings (SSSR count). The second-order valence-electron chi connectivity index (χ2n) is 6.22. The van der Waals surface area contributed by atoms with Crippen LogP contribution in [0.4, 0.5) is 4.79 Å². The van der Waals surface area contributed by atoms with E-state index >= 15 is 0 Å². The number of nitrogens with zero attached hydrogens (tertiary/aromatic N) is 2. The summed E-state index contributed by atoms with van der Waals surface area (Å²) in [4.78, 5) is 29.5. The number of amides is 3. The van der Waals surface area contributed by atoms with Crippen LogP contribution in [0.1, 0.15) is 18.4 Å². The average Bonchev–Trinajstić information content (AvgIpc) is 2.68. The van der Waals surface area contributed by atoms with E-state index in [1.807, 2.05) is 36.4 Å². The Hall–Kier alpha value is -3.09. The molecular formula is C19H22N4O3. The molecule has 0 bridgehead atoms. The predicted molar refractivity (Wildman–Crippen MR) is 96.5 cm³/mol. The molecule has 1 aromatic heterocycles. The maximum Gasteiger partial charge on any atom is 0.314 e. The number of carbonyl (C=O) groups excluding carboxylic acids is 2. The lowest BCUT2D eigenvalue weighted by Gasteiger charge is -2.30. The number of ether oxygens (including phenoxy) is 1. The second-order valence-corrected chi connectivity index (χ2v) is 6.22. The number of nitrogens with one attached hydrogen (secondary N) is 1. The lowest BCUT2D eigenvalue weighted by atomic mass is 9.97. The van der Waals surface area contributed by atoms with E-state index in [4.69, 9.17) is 10.5 Å². The van der Waals surface area contributed by atoms with Gasteiger partial charge in [0.15, 0.2) is 0 Å². The molecule has 1 fully saturated rings. The van der Waals surface area contributed by atoms with E-state index in [0.29, 0.717) is 31.3 Å². The van der Waals surface area contributed by atoms with Gasteiger partial charge in [-0.2, -0.15) is 0 Å². The van der Waals surface area contributed by atoms with Crippen molar-refractivity contribution in [2.24, 2.45) is 11.7 Å². The molecule has 1 atom stereocenters. The molecule has 3 amide bonds. The first-order chi connectivity index (χ1) is 12.6. The van der Waals surface area contributed by atoms with Gasteiger partial charge in [0.2, 0.25) is 11.8 Å². The maximum atomic E-state index is 12.5. The van der Waals surface area contributed by atoms with E-state index in [2.05, 4.69) is 10.3 Å². The van der Waals surface area contributed by atoms with Crippen molar-refractivity contribution >= 4 is 11.9 Å². The number of para-hydroxylation sites is 1. The number of pyridine rings is 1. The number of nitrogens with two attached hydrogens (primary N) is 1. The highest BCUT2D eigenvalue weighted by Crippen LogP contribution is 2.23. The Bertz CT molecular complexity index is 766. The number of urea groups is 1. The molecule has 2 aromatic rings. The Morgan fingerprint density at radius 2 is 2.04 bits per heavy atom. The standard InChI is InChI=1S/C19H22N4O3/c20-19(25)23-11-5-7-15(13-23)17(24)22-12-14-6-4-10-21-18(14)26-16-8-2-1-3-9-16/h1-4,6,8-10,15H,5,7,11-13H2,(H2,20,25)(H,22,24)/t15-/m1/s1. The van der Waals surface area contributed by atoms with E-state index in [9.17, 15) is 9.59 Å². The first-order valence-electron chi connectivity index (χ1n) is 8.62. The topological polar surface area (TPSA) is 97.6 Å². The highest BCUT2D eigenvalue weighted by Gasteiger charge is 2.27. The Morgan fingerprint density at radius 1 is 1.23 bits per heavy atom. The van der Waals surface area contributed by atoms with E-state index in [1.54, 1.807) is 12.3 Å². The number of likely N-dealkylation sites (tertiary alicyclic amines) is 1. The van der Waals surface area contributed by atoms with E-state index in [0.717, 1.165) is 18.4 Å². The van der Waals surface area contributed by atoms with Crippen LogP contribution in [0.3, 0.4) is 0 Å². The second kappa shape index (κ2) is 8.33. The molecule has 7 heteroatoms. The lowest BCUT2D eigenvalue weighted by molar-refractivity contribution is -0.126. The smallest absolute Gasteiger partial charge is 0.314 e. The molecule has 0 radical (unpaired) electrons. The molecule has 26 heavy (non-hydrogen) atoms. The molecule has 0 spiro atoms. The molecule has 1 aliphatic rings. The first kappa shape index (κ1) is 17.7. The molecule has 1 saturated heterocycles. The number of primary amides is 1. The Balaban J connectivity index is 1.61. The van der Waals surface area contributed by atoms with Gasteiger partial charge in [0, 0.05) is 31.4 Å². The van der Waals surface area contributed by atoms with Crippen LogP contribution in [-0.4, -0.2) is 34.9 Å². The van der Waals surface area contributed by atoms with Gasteiger partial charge in [-0.25, -0.2) is 9.78 Å². The van der Waals surface area contributed by atoms with Crippen molar-refractivity contribution in [1.82, 2.24) is 15.2 Å². The number of aromatic nitrogens is 1. The normalized spacial score (nSPS) is 16.8. The molecule has 1 aromatic carbocycles. The third kappa shape index (κ3) is 4.50. The zero-order valence-electron chi connectivity index (χ0n) is 14.4. The SMILES string of the molecule is NC(=O)N1CCC[C@@H](C(=O)NCc2cccnc2Oc2ccccc2)C1. The van der Waals surface area contributed by atoms with E-state index in [-0.39, 0.29) is 11.8 Å². The van der Waals surface area contributed by atoms with Crippen LogP contribution in [0.15, 0.2) is 48.7 Å². The highest BCUT2D eigenvalue weighted by atomic mass is 16.5. The lowest BCUT2D eigenvalue weighted by Crippen LogP contribution is -2.47. The number of hydrogen-bond acceptors (Lipinski definition) is 4. The quantitative estimate of drug-likeness (QED) is 0.861. The van der Waals surface area contributed by atoms with Crippen LogP contribution >= 0.6 is 0 Å². The zero-order chi connectivity index (χ0) is 18.4. The Kier molecular flexibility index (Phi) is 5.68. The van der Waals surface area contributed by atoms with Crippen LogP contribution in [0.25, 0.3) is 0 Å². The van der Waals surface area contributed by atoms with Crippen molar-refractivity contribution in [3.8, 4) is 11.6 Å².